The van der Waals surface area contributed by atoms with Crippen LogP contribution in [0.25, 0.3) is 0 Å². The Morgan fingerprint density at radius 3 is 2.81 bits per heavy atom. The number of para-hydroxylation sites is 2. The van der Waals surface area contributed by atoms with Crippen molar-refractivity contribution in [3.05, 3.63) is 48.0 Å². The first-order valence-electron chi connectivity index (χ1n) is 8.43. The van der Waals surface area contributed by atoms with Gasteiger partial charge in [0.25, 0.3) is 0 Å². The Labute approximate surface area is 156 Å². The van der Waals surface area contributed by atoms with Gasteiger partial charge in [0.2, 0.25) is 5.72 Å². The molecule has 0 bridgehead atoms. The number of hydrogen-bond donors (Lipinski definition) is 1. The van der Waals surface area contributed by atoms with Gasteiger partial charge in [0.1, 0.15) is 11.4 Å². The summed E-state index contributed by atoms with van der Waals surface area (Å²) in [7, 11) is 0. The molecule has 0 amide bonds. The van der Waals surface area contributed by atoms with Gasteiger partial charge in [-0.3, -0.25) is 4.99 Å². The summed E-state index contributed by atoms with van der Waals surface area (Å²) in [4.78, 5) is 7.76. The number of aliphatic imine (C=N–C) groups is 1. The maximum absolute atomic E-state index is 8.41. The molecule has 1 unspecified atom stereocenters. The lowest BCUT2D eigenvalue weighted by Gasteiger charge is -2.45. The van der Waals surface area contributed by atoms with Gasteiger partial charge in [-0.15, -0.1) is 4.33 Å². The number of likely N-dealkylation sites (N-methyl/N-ethyl adjacent to an activating group) is 1. The van der Waals surface area contributed by atoms with Crippen molar-refractivity contribution in [2.24, 2.45) is 4.99 Å². The van der Waals surface area contributed by atoms with Crippen LogP contribution in [0.4, 0.5) is 11.4 Å². The highest BCUT2D eigenvalue weighted by Crippen LogP contribution is 2.54. The predicted octanol–water partition coefficient (Wildman–Crippen LogP) is 4.72. The van der Waals surface area contributed by atoms with E-state index in [1.165, 1.54) is 0 Å². The molecule has 0 saturated carbocycles. The van der Waals surface area contributed by atoms with E-state index in [4.69, 9.17) is 15.0 Å². The molecule has 0 radical (unpaired) electrons. The monoisotopic (exact) mass is 372 g/mol. The van der Waals surface area contributed by atoms with Crippen molar-refractivity contribution in [1.29, 1.82) is 0 Å². The van der Waals surface area contributed by atoms with Gasteiger partial charge in [-0.2, -0.15) is 0 Å². The van der Waals surface area contributed by atoms with Crippen LogP contribution in [-0.2, 0) is 14.8 Å². The molecule has 136 valence electrons. The third-order valence-corrected chi connectivity index (χ3v) is 5.79. The smallest absolute Gasteiger partial charge is 0.228 e. The van der Waals surface area contributed by atoms with Gasteiger partial charge in [-0.25, -0.2) is 5.26 Å². The first-order chi connectivity index (χ1) is 12.5. The van der Waals surface area contributed by atoms with E-state index >= 15 is 0 Å². The largest absolute Gasteiger partial charge is 0.459 e. The third kappa shape index (κ3) is 2.35. The van der Waals surface area contributed by atoms with E-state index in [0.29, 0.717) is 0 Å². The van der Waals surface area contributed by atoms with Crippen molar-refractivity contribution >= 4 is 29.6 Å². The van der Waals surface area contributed by atoms with Crippen LogP contribution in [0.3, 0.4) is 0 Å². The topological polar surface area (TPSA) is 63.5 Å². The SMILES string of the molecule is CCN1c2ccc(SOOO)cc2C(C)(C)C12C=Nc1ccccc1O2. The molecule has 7 heteroatoms. The molecule has 1 spiro atoms. The zero-order valence-corrected chi connectivity index (χ0v) is 15.6. The van der Waals surface area contributed by atoms with Crippen LogP contribution < -0.4 is 9.64 Å². The van der Waals surface area contributed by atoms with E-state index in [-0.39, 0.29) is 5.41 Å². The van der Waals surface area contributed by atoms with Gasteiger partial charge in [-0.1, -0.05) is 17.2 Å². The molecule has 4 rings (SSSR count). The molecule has 2 aromatic carbocycles. The van der Waals surface area contributed by atoms with Crippen LogP contribution in [0.15, 0.2) is 52.4 Å². The van der Waals surface area contributed by atoms with E-state index in [9.17, 15) is 0 Å². The Balaban J connectivity index is 1.82. The molecule has 6 nitrogen and oxygen atoms in total. The number of hydrogen-bond acceptors (Lipinski definition) is 7. The standard InChI is InChI=1S/C19H20N2O4S/c1-4-21-16-10-9-13(26-25-24-22)11-14(16)18(2,3)19(21)12-20-15-7-5-6-8-17(15)23-19/h5-12,22H,4H2,1-3H3. The summed E-state index contributed by atoms with van der Waals surface area (Å²) in [6.45, 7) is 7.18. The van der Waals surface area contributed by atoms with Crippen molar-refractivity contribution in [1.82, 2.24) is 0 Å². The lowest BCUT2D eigenvalue weighted by molar-refractivity contribution is -0.432. The Hall–Kier alpha value is -2.06. The highest BCUT2D eigenvalue weighted by Gasteiger charge is 2.59. The fraction of sp³-hybridized carbons (Fsp3) is 0.316. The van der Waals surface area contributed by atoms with Gasteiger partial charge in [0.15, 0.2) is 0 Å². The van der Waals surface area contributed by atoms with Crippen LogP contribution in [0.2, 0.25) is 0 Å². The van der Waals surface area contributed by atoms with E-state index in [2.05, 4.69) is 35.0 Å². The maximum atomic E-state index is 8.41. The molecule has 2 aromatic rings. The molecule has 26 heavy (non-hydrogen) atoms. The molecule has 2 heterocycles. The number of fused-ring (bicyclic) bond motifs is 2. The van der Waals surface area contributed by atoms with E-state index in [1.54, 1.807) is 0 Å². The predicted molar refractivity (Wildman–Crippen MR) is 101 cm³/mol. The minimum Gasteiger partial charge on any atom is -0.459 e. The summed E-state index contributed by atoms with van der Waals surface area (Å²) >= 11 is 0.954. The average molecular weight is 372 g/mol. The molecule has 2 aliphatic rings. The second kappa shape index (κ2) is 6.28. The molecule has 0 fully saturated rings. The Kier molecular flexibility index (Phi) is 4.19. The molecule has 0 aliphatic carbocycles. The zero-order valence-electron chi connectivity index (χ0n) is 14.8. The van der Waals surface area contributed by atoms with Crippen LogP contribution in [0, 0.1) is 0 Å². The number of nitrogens with zero attached hydrogens (tertiary/aromatic N) is 2. The summed E-state index contributed by atoms with van der Waals surface area (Å²) in [6, 6.07) is 13.8. The van der Waals surface area contributed by atoms with Gasteiger partial charge in [0, 0.05) is 17.1 Å². The lowest BCUT2D eigenvalue weighted by atomic mass is 9.77. The lowest BCUT2D eigenvalue weighted by Crippen LogP contribution is -2.62. The quantitative estimate of drug-likeness (QED) is 0.476. The molecule has 0 aromatic heterocycles. The number of ether oxygens (including phenoxy) is 1. The van der Waals surface area contributed by atoms with E-state index in [0.717, 1.165) is 46.2 Å². The van der Waals surface area contributed by atoms with Crippen LogP contribution in [-0.4, -0.2) is 23.7 Å². The summed E-state index contributed by atoms with van der Waals surface area (Å²) in [6.07, 6.45) is 1.92. The summed E-state index contributed by atoms with van der Waals surface area (Å²) in [5.41, 5.74) is 1.97. The Morgan fingerprint density at radius 1 is 1.23 bits per heavy atom. The molecule has 1 atom stereocenters. The zero-order chi connectivity index (χ0) is 18.4. The second-order valence-corrected chi connectivity index (χ2v) is 7.57. The first-order valence-corrected chi connectivity index (χ1v) is 9.18. The summed E-state index contributed by atoms with van der Waals surface area (Å²) in [5, 5.41) is 12.1. The number of anilines is 1. The Morgan fingerprint density at radius 2 is 2.04 bits per heavy atom. The Bertz CT molecular complexity index is 870. The van der Waals surface area contributed by atoms with Gasteiger partial charge in [-0.05, 0) is 56.7 Å². The number of rotatable bonds is 4. The van der Waals surface area contributed by atoms with Gasteiger partial charge in [0.05, 0.1) is 23.7 Å². The molecular formula is C19H20N2O4S. The van der Waals surface area contributed by atoms with Crippen molar-refractivity contribution < 1.29 is 19.4 Å². The fourth-order valence-corrected chi connectivity index (χ4v) is 4.29. The summed E-state index contributed by atoms with van der Waals surface area (Å²) < 4.78 is 11.2. The van der Waals surface area contributed by atoms with Crippen molar-refractivity contribution in [3.8, 4) is 5.75 Å². The number of benzene rings is 2. The second-order valence-electron chi connectivity index (χ2n) is 6.80. The van der Waals surface area contributed by atoms with Crippen LogP contribution in [0.1, 0.15) is 26.3 Å². The van der Waals surface area contributed by atoms with Crippen molar-refractivity contribution in [3.63, 3.8) is 0 Å². The molecule has 1 N–H and O–H groups in total. The normalized spacial score (nSPS) is 22.2. The maximum Gasteiger partial charge on any atom is 0.228 e. The molecule has 2 aliphatic heterocycles. The van der Waals surface area contributed by atoms with Gasteiger partial charge >= 0.3 is 0 Å². The van der Waals surface area contributed by atoms with Crippen LogP contribution >= 0.6 is 12.0 Å². The van der Waals surface area contributed by atoms with Crippen LogP contribution in [0.5, 0.6) is 5.75 Å². The minimum absolute atomic E-state index is 0.369. The highest BCUT2D eigenvalue weighted by molar-refractivity contribution is 7.94. The molecular weight excluding hydrogens is 352 g/mol. The van der Waals surface area contributed by atoms with Crippen molar-refractivity contribution in [2.45, 2.75) is 36.8 Å². The van der Waals surface area contributed by atoms with E-state index < -0.39 is 5.72 Å². The van der Waals surface area contributed by atoms with Gasteiger partial charge < -0.3 is 9.64 Å². The van der Waals surface area contributed by atoms with E-state index in [1.807, 2.05) is 48.7 Å². The minimum atomic E-state index is -0.712. The third-order valence-electron chi connectivity index (χ3n) is 5.21. The molecule has 0 saturated heterocycles. The first kappa shape index (κ1) is 17.4. The summed E-state index contributed by atoms with van der Waals surface area (Å²) in [5.74, 6) is 0.779. The fourth-order valence-electron chi connectivity index (χ4n) is 3.89. The highest BCUT2D eigenvalue weighted by atomic mass is 32.2. The average Bonchev–Trinajstić information content (AvgIpc) is 2.83. The van der Waals surface area contributed by atoms with Crippen molar-refractivity contribution in [2.75, 3.05) is 11.4 Å².